The summed E-state index contributed by atoms with van der Waals surface area (Å²) in [5.74, 6) is 0. The first-order chi connectivity index (χ1) is 14.9. The van der Waals surface area contributed by atoms with Crippen LogP contribution in [0.2, 0.25) is 0 Å². The first kappa shape index (κ1) is 21.3. The third kappa shape index (κ3) is 3.57. The Kier molecular flexibility index (Phi) is 5.71. The quantitative estimate of drug-likeness (QED) is 0.288. The Morgan fingerprint density at radius 1 is 1.00 bits per heavy atom. The summed E-state index contributed by atoms with van der Waals surface area (Å²) < 4.78 is 9.72. The monoisotopic (exact) mass is 416 g/mol. The van der Waals surface area contributed by atoms with Gasteiger partial charge in [-0.15, -0.1) is 6.58 Å². The Hall–Kier alpha value is -2.92. The highest BCUT2D eigenvalue weighted by atomic mass is 16.5. The molecule has 0 aliphatic carbocycles. The lowest BCUT2D eigenvalue weighted by atomic mass is 9.94. The topological polar surface area (TPSA) is 44.4 Å². The lowest BCUT2D eigenvalue weighted by Gasteiger charge is -2.12. The average molecular weight is 417 g/mol. The minimum atomic E-state index is 0.728. The van der Waals surface area contributed by atoms with E-state index in [0.29, 0.717) is 0 Å². The molecule has 0 saturated heterocycles. The number of rotatable bonds is 7. The number of allylic oxidation sites excluding steroid dienone is 1. The molecular formula is C26H32N4O. The number of aryl methyl sites for hydroxylation is 6. The van der Waals surface area contributed by atoms with Crippen molar-refractivity contribution in [2.45, 2.75) is 54.0 Å². The number of methoxy groups -OCH3 is 1. The van der Waals surface area contributed by atoms with Gasteiger partial charge in [0.15, 0.2) is 5.65 Å². The van der Waals surface area contributed by atoms with Crippen molar-refractivity contribution < 1.29 is 4.74 Å². The van der Waals surface area contributed by atoms with E-state index in [4.69, 9.17) is 14.8 Å². The van der Waals surface area contributed by atoms with Gasteiger partial charge >= 0.3 is 0 Å². The summed E-state index contributed by atoms with van der Waals surface area (Å²) in [4.78, 5) is 5.05. The highest BCUT2D eigenvalue weighted by Crippen LogP contribution is 2.35. The third-order valence-corrected chi connectivity index (χ3v) is 6.06. The van der Waals surface area contributed by atoms with Crippen LogP contribution < -0.4 is 0 Å². The van der Waals surface area contributed by atoms with Gasteiger partial charge in [-0.3, -0.25) is 0 Å². The first-order valence-electron chi connectivity index (χ1n) is 10.9. The molecule has 0 aliphatic heterocycles. The van der Waals surface area contributed by atoms with Crippen molar-refractivity contribution in [2.24, 2.45) is 0 Å². The Labute approximate surface area is 184 Å². The van der Waals surface area contributed by atoms with Crippen molar-refractivity contribution in [1.29, 1.82) is 0 Å². The van der Waals surface area contributed by atoms with Crippen LogP contribution >= 0.6 is 0 Å². The summed E-state index contributed by atoms with van der Waals surface area (Å²) >= 11 is 0. The molecule has 0 atom stereocenters. The highest BCUT2D eigenvalue weighted by Gasteiger charge is 2.22. The Morgan fingerprint density at radius 3 is 2.35 bits per heavy atom. The fourth-order valence-corrected chi connectivity index (χ4v) is 4.87. The second-order valence-corrected chi connectivity index (χ2v) is 8.53. The SMILES string of the molecule is C=CCc1cc2c(C)nc3c(-c4c(C)cc(C)cc4C)c(C)nn3c2n1CCCOC. The van der Waals surface area contributed by atoms with E-state index in [1.165, 1.54) is 27.9 Å². The normalized spacial score (nSPS) is 11.7. The Balaban J connectivity index is 2.05. The van der Waals surface area contributed by atoms with Gasteiger partial charge in [0.1, 0.15) is 5.65 Å². The van der Waals surface area contributed by atoms with E-state index in [1.54, 1.807) is 7.11 Å². The van der Waals surface area contributed by atoms with Crippen LogP contribution in [0.3, 0.4) is 0 Å². The molecule has 3 aromatic heterocycles. The molecule has 0 unspecified atom stereocenters. The molecule has 0 amide bonds. The molecule has 31 heavy (non-hydrogen) atoms. The van der Waals surface area contributed by atoms with E-state index in [1.807, 2.05) is 10.6 Å². The summed E-state index contributed by atoms with van der Waals surface area (Å²) in [6, 6.07) is 6.73. The van der Waals surface area contributed by atoms with Crippen LogP contribution in [0.4, 0.5) is 0 Å². The van der Waals surface area contributed by atoms with Crippen LogP contribution in [0, 0.1) is 34.6 Å². The largest absolute Gasteiger partial charge is 0.385 e. The minimum absolute atomic E-state index is 0.728. The molecule has 5 heteroatoms. The van der Waals surface area contributed by atoms with Gasteiger partial charge in [0.05, 0.1) is 17.0 Å². The van der Waals surface area contributed by atoms with Crippen molar-refractivity contribution in [3.8, 4) is 11.1 Å². The first-order valence-corrected chi connectivity index (χ1v) is 10.9. The summed E-state index contributed by atoms with van der Waals surface area (Å²) in [5, 5.41) is 6.15. The summed E-state index contributed by atoms with van der Waals surface area (Å²) in [6.07, 6.45) is 3.71. The van der Waals surface area contributed by atoms with E-state index in [0.717, 1.165) is 59.6 Å². The summed E-state index contributed by atoms with van der Waals surface area (Å²) in [5.41, 5.74) is 11.5. The fourth-order valence-electron chi connectivity index (χ4n) is 4.87. The Morgan fingerprint density at radius 2 is 1.71 bits per heavy atom. The van der Waals surface area contributed by atoms with Crippen molar-refractivity contribution >= 4 is 16.7 Å². The number of hydrogen-bond donors (Lipinski definition) is 0. The van der Waals surface area contributed by atoms with Gasteiger partial charge in [-0.1, -0.05) is 23.8 Å². The molecule has 4 aromatic rings. The minimum Gasteiger partial charge on any atom is -0.385 e. The van der Waals surface area contributed by atoms with Crippen molar-refractivity contribution in [1.82, 2.24) is 19.2 Å². The average Bonchev–Trinajstić information content (AvgIpc) is 3.21. The second-order valence-electron chi connectivity index (χ2n) is 8.53. The lowest BCUT2D eigenvalue weighted by Crippen LogP contribution is -2.08. The van der Waals surface area contributed by atoms with Gasteiger partial charge in [-0.25, -0.2) is 4.98 Å². The molecule has 0 bridgehead atoms. The van der Waals surface area contributed by atoms with Crippen molar-refractivity contribution in [2.75, 3.05) is 13.7 Å². The highest BCUT2D eigenvalue weighted by molar-refractivity contribution is 5.90. The zero-order valence-corrected chi connectivity index (χ0v) is 19.5. The molecular weight excluding hydrogens is 384 g/mol. The van der Waals surface area contributed by atoms with Gasteiger partial charge in [-0.05, 0) is 63.8 Å². The molecule has 0 radical (unpaired) electrons. The zero-order valence-electron chi connectivity index (χ0n) is 19.5. The molecule has 0 spiro atoms. The third-order valence-electron chi connectivity index (χ3n) is 6.06. The zero-order chi connectivity index (χ0) is 22.3. The van der Waals surface area contributed by atoms with Gasteiger partial charge in [0.25, 0.3) is 0 Å². The van der Waals surface area contributed by atoms with Crippen LogP contribution in [-0.4, -0.2) is 32.9 Å². The fraction of sp³-hybridized carbons (Fsp3) is 0.385. The van der Waals surface area contributed by atoms with E-state index in [-0.39, 0.29) is 0 Å². The number of benzene rings is 1. The molecule has 0 N–H and O–H groups in total. The Bertz CT molecular complexity index is 1270. The van der Waals surface area contributed by atoms with Crippen LogP contribution in [0.15, 0.2) is 30.9 Å². The second kappa shape index (κ2) is 8.31. The maximum Gasteiger partial charge on any atom is 0.165 e. The maximum absolute atomic E-state index is 5.31. The van der Waals surface area contributed by atoms with Crippen molar-refractivity contribution in [3.63, 3.8) is 0 Å². The lowest BCUT2D eigenvalue weighted by molar-refractivity contribution is 0.190. The van der Waals surface area contributed by atoms with E-state index in [9.17, 15) is 0 Å². The smallest absolute Gasteiger partial charge is 0.165 e. The van der Waals surface area contributed by atoms with E-state index >= 15 is 0 Å². The van der Waals surface area contributed by atoms with Gasteiger partial charge in [-0.2, -0.15) is 9.61 Å². The number of hydrogen-bond acceptors (Lipinski definition) is 3. The molecule has 3 heterocycles. The predicted octanol–water partition coefficient (Wildman–Crippen LogP) is 5.66. The van der Waals surface area contributed by atoms with Crippen LogP contribution in [-0.2, 0) is 17.7 Å². The van der Waals surface area contributed by atoms with E-state index < -0.39 is 0 Å². The molecule has 4 rings (SSSR count). The van der Waals surface area contributed by atoms with E-state index in [2.05, 4.69) is 64.0 Å². The number of aromatic nitrogens is 4. The van der Waals surface area contributed by atoms with Crippen LogP contribution in [0.5, 0.6) is 0 Å². The molecule has 0 aliphatic rings. The number of ether oxygens (including phenoxy) is 1. The number of fused-ring (bicyclic) bond motifs is 3. The number of nitrogens with zero attached hydrogens (tertiary/aromatic N) is 4. The summed E-state index contributed by atoms with van der Waals surface area (Å²) in [7, 11) is 1.75. The van der Waals surface area contributed by atoms with Crippen molar-refractivity contribution in [3.05, 3.63) is 64.6 Å². The molecule has 0 saturated carbocycles. The summed E-state index contributed by atoms with van der Waals surface area (Å²) in [6.45, 7) is 16.2. The van der Waals surface area contributed by atoms with Gasteiger partial charge in [0, 0.05) is 37.8 Å². The molecule has 0 fully saturated rings. The van der Waals surface area contributed by atoms with Crippen LogP contribution in [0.1, 0.15) is 40.2 Å². The molecule has 162 valence electrons. The van der Waals surface area contributed by atoms with Gasteiger partial charge in [0.2, 0.25) is 0 Å². The molecule has 5 nitrogen and oxygen atoms in total. The molecule has 1 aromatic carbocycles. The predicted molar refractivity (Wildman–Crippen MR) is 128 cm³/mol. The maximum atomic E-state index is 5.31. The standard InChI is InChI=1S/C26H32N4O/c1-8-10-21-15-22-19(5)27-25-24(23-17(3)13-16(2)14-18(23)4)20(6)28-30(25)26(22)29(21)11-9-12-31-7/h8,13-15H,1,9-12H2,2-7H3. The van der Waals surface area contributed by atoms with Gasteiger partial charge < -0.3 is 9.30 Å². The van der Waals surface area contributed by atoms with Crippen LogP contribution in [0.25, 0.3) is 27.8 Å².